The lowest BCUT2D eigenvalue weighted by atomic mass is 9.71. The van der Waals surface area contributed by atoms with Gasteiger partial charge in [-0.2, -0.15) is 13.8 Å². The van der Waals surface area contributed by atoms with Crippen LogP contribution in [0.3, 0.4) is 0 Å². The molecule has 0 atom stereocenters. The fourth-order valence-corrected chi connectivity index (χ4v) is 4.01. The number of hydrogen-bond donors (Lipinski definition) is 0. The van der Waals surface area contributed by atoms with Gasteiger partial charge in [-0.05, 0) is 55.0 Å². The van der Waals surface area contributed by atoms with E-state index in [9.17, 15) is 13.6 Å². The van der Waals surface area contributed by atoms with Crippen LogP contribution in [0.5, 0.6) is 5.75 Å². The number of fused-ring (bicyclic) bond motifs is 1. The Morgan fingerprint density at radius 2 is 1.85 bits per heavy atom. The van der Waals surface area contributed by atoms with Crippen LogP contribution in [0.15, 0.2) is 52.2 Å². The van der Waals surface area contributed by atoms with Crippen LogP contribution >= 0.6 is 0 Å². The van der Waals surface area contributed by atoms with Crippen molar-refractivity contribution in [2.75, 3.05) is 0 Å². The number of aromatic nitrogens is 5. The molecule has 34 heavy (non-hydrogen) atoms. The predicted molar refractivity (Wildman–Crippen MR) is 121 cm³/mol. The molecule has 0 spiro atoms. The minimum atomic E-state index is -2.83. The van der Waals surface area contributed by atoms with Gasteiger partial charge >= 0.3 is 6.61 Å². The molecule has 5 rings (SSSR count). The largest absolute Gasteiger partial charge is 0.435 e. The van der Waals surface area contributed by atoms with Crippen molar-refractivity contribution >= 4 is 11.0 Å². The Morgan fingerprint density at radius 3 is 2.56 bits per heavy atom. The number of benzene rings is 1. The van der Waals surface area contributed by atoms with Crippen molar-refractivity contribution < 1.29 is 18.0 Å². The molecular weight excluding hydrogens is 444 g/mol. The molecule has 0 N–H and O–H groups in total. The molecule has 3 aromatic heterocycles. The van der Waals surface area contributed by atoms with Crippen LogP contribution in [-0.4, -0.2) is 31.3 Å². The van der Waals surface area contributed by atoms with Gasteiger partial charge in [0, 0.05) is 12.1 Å². The lowest BCUT2D eigenvalue weighted by molar-refractivity contribution is -0.0498. The summed E-state index contributed by atoms with van der Waals surface area (Å²) in [5, 5.41) is 4.55. The number of halogens is 2. The Kier molecular flexibility index (Phi) is 6.95. The summed E-state index contributed by atoms with van der Waals surface area (Å²) < 4.78 is 35.7. The molecule has 178 valence electrons. The normalized spacial score (nSPS) is 17.2. The molecule has 1 aliphatic carbocycles. The topological polar surface area (TPSA) is 95.9 Å². The zero-order valence-corrected chi connectivity index (χ0v) is 19.1. The third kappa shape index (κ3) is 4.80. The summed E-state index contributed by atoms with van der Waals surface area (Å²) in [6.45, 7) is 3.14. The van der Waals surface area contributed by atoms with E-state index in [0.717, 1.165) is 24.0 Å². The number of aryl methyl sites for hydroxylation is 1. The third-order valence-corrected chi connectivity index (χ3v) is 5.80. The average Bonchev–Trinajstić information content (AvgIpc) is 3.25. The van der Waals surface area contributed by atoms with Crippen LogP contribution in [0.4, 0.5) is 8.78 Å². The van der Waals surface area contributed by atoms with E-state index in [0.29, 0.717) is 28.7 Å². The van der Waals surface area contributed by atoms with Gasteiger partial charge in [0.15, 0.2) is 11.5 Å². The Hall–Kier alpha value is -3.69. The highest BCUT2D eigenvalue weighted by Gasteiger charge is 2.34. The molecule has 0 aliphatic heterocycles. The van der Waals surface area contributed by atoms with Crippen molar-refractivity contribution in [1.29, 1.82) is 0 Å². The summed E-state index contributed by atoms with van der Waals surface area (Å²) in [6, 6.07) is 8.47. The molecule has 0 amide bonds. The number of ether oxygens (including phenoxy) is 1. The van der Waals surface area contributed by atoms with E-state index < -0.39 is 6.61 Å². The monoisotopic (exact) mass is 469 g/mol. The van der Waals surface area contributed by atoms with E-state index in [1.54, 1.807) is 36.5 Å². The van der Waals surface area contributed by atoms with Crippen molar-refractivity contribution in [3.8, 4) is 5.75 Å². The smallest absolute Gasteiger partial charge is 0.387 e. The molecule has 0 unspecified atom stereocenters. The van der Waals surface area contributed by atoms with E-state index >= 15 is 0 Å². The summed E-state index contributed by atoms with van der Waals surface area (Å²) in [4.78, 5) is 25.6. The lowest BCUT2D eigenvalue weighted by Crippen LogP contribution is -2.23. The Labute approximate surface area is 194 Å². The fourth-order valence-electron chi connectivity index (χ4n) is 4.01. The van der Waals surface area contributed by atoms with E-state index in [1.807, 2.05) is 20.8 Å². The highest BCUT2D eigenvalue weighted by atomic mass is 19.3. The van der Waals surface area contributed by atoms with Crippen molar-refractivity contribution in [3.63, 3.8) is 0 Å². The molecule has 8 nitrogen and oxygen atoms in total. The van der Waals surface area contributed by atoms with Gasteiger partial charge in [0.25, 0.3) is 5.56 Å². The fraction of sp³-hybridized carbons (Fsp3) is 0.375. The van der Waals surface area contributed by atoms with Crippen LogP contribution in [0, 0.1) is 6.92 Å². The first kappa shape index (κ1) is 23.5. The van der Waals surface area contributed by atoms with Gasteiger partial charge in [0.05, 0.1) is 5.39 Å². The highest BCUT2D eigenvalue weighted by molar-refractivity contribution is 5.76. The molecule has 0 bridgehead atoms. The van der Waals surface area contributed by atoms with Crippen LogP contribution < -0.4 is 10.3 Å². The molecule has 10 heteroatoms. The van der Waals surface area contributed by atoms with Crippen LogP contribution in [0.2, 0.25) is 0 Å². The van der Waals surface area contributed by atoms with E-state index in [4.69, 9.17) is 4.52 Å². The Balaban J connectivity index is 0.00000133. The van der Waals surface area contributed by atoms with Crippen molar-refractivity contribution in [1.82, 2.24) is 24.7 Å². The molecule has 1 fully saturated rings. The van der Waals surface area contributed by atoms with E-state index in [2.05, 4.69) is 24.8 Å². The molecule has 1 saturated carbocycles. The van der Waals surface area contributed by atoms with E-state index in [1.165, 1.54) is 10.9 Å². The van der Waals surface area contributed by atoms with Crippen LogP contribution in [0.25, 0.3) is 11.0 Å². The van der Waals surface area contributed by atoms with Crippen molar-refractivity contribution in [2.24, 2.45) is 0 Å². The first-order valence-electron chi connectivity index (χ1n) is 11.2. The number of nitrogens with zero attached hydrogens (tertiary/aromatic N) is 5. The molecule has 4 aromatic rings. The average molecular weight is 469 g/mol. The lowest BCUT2D eigenvalue weighted by Gasteiger charge is -2.33. The standard InChI is InChI=1S/C22H19F2N5O3.C2H6/c1-12-6-7-25-20-18(12)21(30)29(11-26-20)10-17-27-19(28-32-17)15-8-14(9-15)13-2-4-16(5-3-13)31-22(23)24;1-2/h2-7,11,14-15,22H,8-10H2,1H3;1-2H3. The number of rotatable bonds is 6. The molecule has 1 aromatic carbocycles. The molecule has 0 radical (unpaired) electrons. The summed E-state index contributed by atoms with van der Waals surface area (Å²) in [5.74, 6) is 1.53. The summed E-state index contributed by atoms with van der Waals surface area (Å²) in [7, 11) is 0. The van der Waals surface area contributed by atoms with Gasteiger partial charge in [0.1, 0.15) is 18.6 Å². The van der Waals surface area contributed by atoms with Gasteiger partial charge in [-0.15, -0.1) is 0 Å². The van der Waals surface area contributed by atoms with Crippen LogP contribution in [0.1, 0.15) is 61.4 Å². The third-order valence-electron chi connectivity index (χ3n) is 5.80. The first-order chi connectivity index (χ1) is 16.5. The minimum absolute atomic E-state index is 0.130. The second kappa shape index (κ2) is 10.1. The molecule has 3 heterocycles. The Bertz CT molecular complexity index is 1310. The van der Waals surface area contributed by atoms with Crippen molar-refractivity contribution in [3.05, 3.63) is 76.1 Å². The van der Waals surface area contributed by atoms with Gasteiger partial charge in [-0.25, -0.2) is 9.97 Å². The summed E-state index contributed by atoms with van der Waals surface area (Å²) >= 11 is 0. The van der Waals surface area contributed by atoms with Gasteiger partial charge < -0.3 is 9.26 Å². The van der Waals surface area contributed by atoms with E-state index in [-0.39, 0.29) is 23.8 Å². The van der Waals surface area contributed by atoms with Gasteiger partial charge in [0.2, 0.25) is 5.89 Å². The maximum absolute atomic E-state index is 12.8. The molecular formula is C24H25F2N5O3. The first-order valence-corrected chi connectivity index (χ1v) is 11.2. The molecule has 0 saturated heterocycles. The predicted octanol–water partition coefficient (Wildman–Crippen LogP) is 4.82. The highest BCUT2D eigenvalue weighted by Crippen LogP contribution is 2.46. The maximum atomic E-state index is 12.8. The number of alkyl halides is 2. The summed E-state index contributed by atoms with van der Waals surface area (Å²) in [5.41, 5.74) is 2.07. The maximum Gasteiger partial charge on any atom is 0.387 e. The number of hydrogen-bond acceptors (Lipinski definition) is 7. The SMILES string of the molecule is CC.Cc1ccnc2ncn(Cc3nc(C4CC(c5ccc(OC(F)F)cc5)C4)no3)c(=O)c12. The van der Waals surface area contributed by atoms with Crippen molar-refractivity contribution in [2.45, 2.75) is 58.6 Å². The number of pyridine rings is 1. The zero-order chi connectivity index (χ0) is 24.2. The quantitative estimate of drug-likeness (QED) is 0.399. The van der Waals surface area contributed by atoms with Gasteiger partial charge in [-0.1, -0.05) is 31.1 Å². The zero-order valence-electron chi connectivity index (χ0n) is 19.1. The second-order valence-corrected chi connectivity index (χ2v) is 7.86. The minimum Gasteiger partial charge on any atom is -0.435 e. The Morgan fingerprint density at radius 1 is 1.12 bits per heavy atom. The van der Waals surface area contributed by atoms with Gasteiger partial charge in [-0.3, -0.25) is 9.36 Å². The second-order valence-electron chi connectivity index (χ2n) is 7.86. The molecule has 1 aliphatic rings. The van der Waals surface area contributed by atoms with Crippen LogP contribution in [-0.2, 0) is 6.54 Å². The summed E-state index contributed by atoms with van der Waals surface area (Å²) in [6.07, 6.45) is 4.71.